The molecular formula is C15H17F2N3O3S. The van der Waals surface area contributed by atoms with E-state index in [1.165, 1.54) is 17.9 Å². The largest absolute Gasteiger partial charge is 0.471 e. The first-order chi connectivity index (χ1) is 11.2. The number of halogens is 2. The molecule has 0 aliphatic heterocycles. The monoisotopic (exact) mass is 357 g/mol. The molecule has 0 amide bonds. The number of rotatable bonds is 6. The number of alkyl halides is 2. The summed E-state index contributed by atoms with van der Waals surface area (Å²) in [7, 11) is 0.145. The summed E-state index contributed by atoms with van der Waals surface area (Å²) in [5.74, 6) is -2.74. The van der Waals surface area contributed by atoms with E-state index >= 15 is 0 Å². The average Bonchev–Trinajstić information content (AvgIpc) is 2.53. The zero-order valence-corrected chi connectivity index (χ0v) is 14.3. The van der Waals surface area contributed by atoms with Crippen molar-refractivity contribution in [2.24, 2.45) is 7.05 Å². The molecule has 9 heteroatoms. The van der Waals surface area contributed by atoms with Crippen molar-refractivity contribution in [2.45, 2.75) is 24.7 Å². The molecule has 2 aromatic rings. The molecule has 0 N–H and O–H groups in total. The zero-order valence-electron chi connectivity index (χ0n) is 13.5. The first-order valence-electron chi connectivity index (χ1n) is 7.15. The first kappa shape index (κ1) is 18.2. The minimum atomic E-state index is -3.03. The van der Waals surface area contributed by atoms with Crippen LogP contribution >= 0.6 is 0 Å². The summed E-state index contributed by atoms with van der Waals surface area (Å²) in [6.07, 6.45) is 1.47. The van der Waals surface area contributed by atoms with Crippen molar-refractivity contribution < 1.29 is 17.7 Å². The van der Waals surface area contributed by atoms with Gasteiger partial charge in [-0.1, -0.05) is 6.92 Å². The van der Waals surface area contributed by atoms with Gasteiger partial charge < -0.3 is 4.74 Å². The molecule has 0 bridgehead atoms. The van der Waals surface area contributed by atoms with Gasteiger partial charge in [-0.25, -0.2) is 13.5 Å². The molecule has 0 aromatic carbocycles. The lowest BCUT2D eigenvalue weighted by Crippen LogP contribution is -2.24. The van der Waals surface area contributed by atoms with E-state index < -0.39 is 28.8 Å². The number of pyridine rings is 1. The van der Waals surface area contributed by atoms with Crippen molar-refractivity contribution in [3.8, 4) is 17.3 Å². The van der Waals surface area contributed by atoms with E-state index in [0.717, 1.165) is 6.07 Å². The van der Waals surface area contributed by atoms with E-state index in [-0.39, 0.29) is 17.3 Å². The quantitative estimate of drug-likeness (QED) is 0.791. The van der Waals surface area contributed by atoms with Crippen LogP contribution in [0.4, 0.5) is 8.78 Å². The molecule has 0 aliphatic carbocycles. The molecule has 1 unspecified atom stereocenters. The fraction of sp³-hybridized carbons (Fsp3) is 0.400. The van der Waals surface area contributed by atoms with Crippen LogP contribution in [-0.4, -0.2) is 37.3 Å². The molecule has 2 aromatic heterocycles. The number of ether oxygens (including phenoxy) is 1. The minimum Gasteiger partial charge on any atom is -0.471 e. The Morgan fingerprint density at radius 1 is 1.38 bits per heavy atom. The number of aromatic nitrogens is 3. The van der Waals surface area contributed by atoms with E-state index in [4.69, 9.17) is 4.74 Å². The molecule has 0 aliphatic rings. The maximum atomic E-state index is 12.9. The van der Waals surface area contributed by atoms with Gasteiger partial charge in [0.25, 0.3) is 5.92 Å². The molecule has 1 atom stereocenters. The van der Waals surface area contributed by atoms with Gasteiger partial charge in [0, 0.05) is 32.0 Å². The normalized spacial score (nSPS) is 12.9. The summed E-state index contributed by atoms with van der Waals surface area (Å²) in [5.41, 5.74) is -0.341. The van der Waals surface area contributed by atoms with Gasteiger partial charge in [-0.15, -0.1) is 0 Å². The second kappa shape index (κ2) is 7.16. The Kier molecular flexibility index (Phi) is 5.43. The Bertz CT molecular complexity index is 818. The topological polar surface area (TPSA) is 74.1 Å². The Labute approximate surface area is 139 Å². The van der Waals surface area contributed by atoms with E-state index in [2.05, 4.69) is 10.1 Å². The SMILES string of the molecule is CCS(=O)c1cccnc1-c1nn(C)c(OCC(C)(F)F)cc1=O. The highest BCUT2D eigenvalue weighted by Crippen LogP contribution is 2.21. The summed E-state index contributed by atoms with van der Waals surface area (Å²) in [4.78, 5) is 16.8. The van der Waals surface area contributed by atoms with Crippen LogP contribution in [0.15, 0.2) is 34.1 Å². The smallest absolute Gasteiger partial charge is 0.278 e. The lowest BCUT2D eigenvalue weighted by molar-refractivity contribution is -0.0256. The molecule has 130 valence electrons. The number of hydrogen-bond donors (Lipinski definition) is 0. The summed E-state index contributed by atoms with van der Waals surface area (Å²) >= 11 is 0. The molecule has 2 rings (SSSR count). The Balaban J connectivity index is 2.46. The Morgan fingerprint density at radius 2 is 2.08 bits per heavy atom. The van der Waals surface area contributed by atoms with E-state index in [9.17, 15) is 17.8 Å². The first-order valence-corrected chi connectivity index (χ1v) is 8.47. The van der Waals surface area contributed by atoms with Gasteiger partial charge >= 0.3 is 0 Å². The van der Waals surface area contributed by atoms with Crippen molar-refractivity contribution >= 4 is 10.8 Å². The van der Waals surface area contributed by atoms with Gasteiger partial charge in [0.05, 0.1) is 15.7 Å². The predicted octanol–water partition coefficient (Wildman–Crippen LogP) is 2.00. The minimum absolute atomic E-state index is 0.00879. The van der Waals surface area contributed by atoms with E-state index in [0.29, 0.717) is 17.6 Å². The second-order valence-corrected chi connectivity index (χ2v) is 6.87. The Morgan fingerprint density at radius 3 is 2.71 bits per heavy atom. The molecule has 0 spiro atoms. The van der Waals surface area contributed by atoms with Gasteiger partial charge in [0.15, 0.2) is 12.3 Å². The van der Waals surface area contributed by atoms with Gasteiger partial charge in [-0.3, -0.25) is 14.0 Å². The summed E-state index contributed by atoms with van der Waals surface area (Å²) in [6, 6.07) is 4.31. The molecule has 2 heterocycles. The lowest BCUT2D eigenvalue weighted by atomic mass is 10.2. The van der Waals surface area contributed by atoms with Crippen LogP contribution in [0.3, 0.4) is 0 Å². The van der Waals surface area contributed by atoms with Gasteiger partial charge in [0.1, 0.15) is 5.69 Å². The van der Waals surface area contributed by atoms with Crippen molar-refractivity contribution in [1.82, 2.24) is 14.8 Å². The molecule has 24 heavy (non-hydrogen) atoms. The number of aryl methyl sites for hydroxylation is 1. The van der Waals surface area contributed by atoms with Crippen molar-refractivity contribution in [2.75, 3.05) is 12.4 Å². The number of hydrogen-bond acceptors (Lipinski definition) is 5. The van der Waals surface area contributed by atoms with E-state index in [1.54, 1.807) is 19.1 Å². The van der Waals surface area contributed by atoms with Crippen LogP contribution in [0, 0.1) is 0 Å². The molecule has 0 fully saturated rings. The highest BCUT2D eigenvalue weighted by molar-refractivity contribution is 7.85. The van der Waals surface area contributed by atoms with Crippen LogP contribution in [-0.2, 0) is 17.8 Å². The van der Waals surface area contributed by atoms with Crippen molar-refractivity contribution in [3.05, 3.63) is 34.6 Å². The summed E-state index contributed by atoms with van der Waals surface area (Å²) in [5, 5.41) is 4.06. The van der Waals surface area contributed by atoms with Gasteiger partial charge in [-0.2, -0.15) is 5.10 Å². The van der Waals surface area contributed by atoms with Gasteiger partial charge in [0.2, 0.25) is 11.3 Å². The van der Waals surface area contributed by atoms with E-state index in [1.807, 2.05) is 0 Å². The Hall–Kier alpha value is -2.16. The van der Waals surface area contributed by atoms with Crippen LogP contribution in [0.5, 0.6) is 5.88 Å². The fourth-order valence-electron chi connectivity index (χ4n) is 1.93. The highest BCUT2D eigenvalue weighted by Gasteiger charge is 2.23. The molecule has 0 saturated heterocycles. The third kappa shape index (κ3) is 4.22. The molecule has 0 radical (unpaired) electrons. The van der Waals surface area contributed by atoms with Crippen LogP contribution in [0.25, 0.3) is 11.4 Å². The zero-order chi connectivity index (χ0) is 17.9. The maximum Gasteiger partial charge on any atom is 0.278 e. The second-order valence-electron chi connectivity index (χ2n) is 5.16. The van der Waals surface area contributed by atoms with Crippen molar-refractivity contribution in [3.63, 3.8) is 0 Å². The fourth-order valence-corrected chi connectivity index (χ4v) is 2.84. The van der Waals surface area contributed by atoms with Gasteiger partial charge in [-0.05, 0) is 12.1 Å². The average molecular weight is 357 g/mol. The molecule has 6 nitrogen and oxygen atoms in total. The predicted molar refractivity (Wildman–Crippen MR) is 85.8 cm³/mol. The maximum absolute atomic E-state index is 12.9. The molecular weight excluding hydrogens is 340 g/mol. The third-order valence-corrected chi connectivity index (χ3v) is 4.38. The third-order valence-electron chi connectivity index (χ3n) is 3.03. The number of nitrogens with zero attached hydrogens (tertiary/aromatic N) is 3. The standard InChI is InChI=1S/C15H17F2N3O3S/c1-4-24(22)11-6-5-7-18-14(11)13-10(21)8-12(20(3)19-13)23-9-15(2,16)17/h5-8H,4,9H2,1-3H3. The van der Waals surface area contributed by atoms with Crippen LogP contribution in [0.2, 0.25) is 0 Å². The van der Waals surface area contributed by atoms with Crippen LogP contribution in [0.1, 0.15) is 13.8 Å². The molecule has 0 saturated carbocycles. The lowest BCUT2D eigenvalue weighted by Gasteiger charge is -2.14. The summed E-state index contributed by atoms with van der Waals surface area (Å²) in [6.45, 7) is 1.60. The van der Waals surface area contributed by atoms with Crippen LogP contribution < -0.4 is 10.2 Å². The highest BCUT2D eigenvalue weighted by atomic mass is 32.2. The van der Waals surface area contributed by atoms with Crippen molar-refractivity contribution in [1.29, 1.82) is 0 Å². The summed E-state index contributed by atoms with van der Waals surface area (Å²) < 4.78 is 44.0.